The van der Waals surface area contributed by atoms with E-state index in [-0.39, 0.29) is 23.7 Å². The minimum Gasteiger partial charge on any atom is -0.443 e. The standard InChI is InChI=1S/C26H30ClN3O7/c1-25(2,3)36-23(33)30(24(34)37-26(4,5)6)19-13-15(10-11-28-19)12-18-20(31)29-21(18)35-22(32)16-8-7-9-17(27)14-16/h7-11,13-14,18,21H,12H2,1-6H3,(H,29,31)/t18-,21+/m0/s1. The summed E-state index contributed by atoms with van der Waals surface area (Å²) in [5, 5.41) is 2.95. The van der Waals surface area contributed by atoms with E-state index in [9.17, 15) is 19.2 Å². The largest absolute Gasteiger partial charge is 0.443 e. The number of hydrogen-bond acceptors (Lipinski definition) is 8. The molecule has 2 aromatic rings. The van der Waals surface area contributed by atoms with Crippen LogP contribution in [0, 0.1) is 5.92 Å². The molecule has 2 heterocycles. The molecule has 2 atom stereocenters. The number of nitrogens with one attached hydrogen (secondary N) is 1. The van der Waals surface area contributed by atoms with Crippen molar-refractivity contribution in [1.29, 1.82) is 0 Å². The first-order valence-corrected chi connectivity index (χ1v) is 12.0. The maximum Gasteiger partial charge on any atom is 0.425 e. The van der Waals surface area contributed by atoms with Crippen molar-refractivity contribution in [2.45, 2.75) is 65.4 Å². The summed E-state index contributed by atoms with van der Waals surface area (Å²) in [6.45, 7) is 10.0. The molecular weight excluding hydrogens is 502 g/mol. The SMILES string of the molecule is CC(C)(C)OC(=O)N(C(=O)OC(C)(C)C)c1cc(C[C@H]2C(=O)N[C@@H]2OC(=O)c2cccc(Cl)c2)ccn1. The van der Waals surface area contributed by atoms with Gasteiger partial charge in [0.2, 0.25) is 5.91 Å². The summed E-state index contributed by atoms with van der Waals surface area (Å²) in [6.07, 6.45) is -1.22. The molecule has 0 spiro atoms. The van der Waals surface area contributed by atoms with Crippen molar-refractivity contribution in [3.05, 3.63) is 58.7 Å². The minimum absolute atomic E-state index is 0.0341. The van der Waals surface area contributed by atoms with E-state index in [2.05, 4.69) is 10.3 Å². The number of nitrogens with zero attached hydrogens (tertiary/aromatic N) is 2. The molecule has 0 bridgehead atoms. The van der Waals surface area contributed by atoms with Crippen LogP contribution in [0.25, 0.3) is 0 Å². The van der Waals surface area contributed by atoms with Crippen molar-refractivity contribution in [2.24, 2.45) is 5.92 Å². The molecule has 1 aliphatic rings. The Balaban J connectivity index is 1.79. The maximum absolute atomic E-state index is 12.9. The molecular formula is C26H30ClN3O7. The minimum atomic E-state index is -0.957. The third kappa shape index (κ3) is 7.66. The van der Waals surface area contributed by atoms with Crippen molar-refractivity contribution in [2.75, 3.05) is 4.90 Å². The zero-order valence-electron chi connectivity index (χ0n) is 21.5. The van der Waals surface area contributed by atoms with Gasteiger partial charge in [-0.05, 0) is 83.9 Å². The summed E-state index contributed by atoms with van der Waals surface area (Å²) in [4.78, 5) is 55.4. The van der Waals surface area contributed by atoms with Crippen LogP contribution in [0.2, 0.25) is 5.02 Å². The van der Waals surface area contributed by atoms with Gasteiger partial charge in [0.25, 0.3) is 0 Å². The van der Waals surface area contributed by atoms with Crippen molar-refractivity contribution >= 4 is 41.5 Å². The molecule has 0 saturated carbocycles. The highest BCUT2D eigenvalue weighted by Gasteiger charge is 2.42. The fourth-order valence-corrected chi connectivity index (χ4v) is 3.53. The Hall–Kier alpha value is -3.66. The summed E-state index contributed by atoms with van der Waals surface area (Å²) in [5.74, 6) is -1.66. The molecule has 198 valence electrons. The molecule has 10 nitrogen and oxygen atoms in total. The molecule has 3 amide bonds. The third-order valence-electron chi connectivity index (χ3n) is 4.93. The lowest BCUT2D eigenvalue weighted by atomic mass is 9.91. The van der Waals surface area contributed by atoms with Crippen LogP contribution in [-0.2, 0) is 25.4 Å². The van der Waals surface area contributed by atoms with Gasteiger partial charge in [-0.3, -0.25) is 4.79 Å². The van der Waals surface area contributed by atoms with Gasteiger partial charge in [-0.15, -0.1) is 0 Å². The molecule has 1 saturated heterocycles. The van der Waals surface area contributed by atoms with E-state index in [1.165, 1.54) is 18.3 Å². The number of esters is 1. The predicted molar refractivity (Wildman–Crippen MR) is 135 cm³/mol. The number of carbonyl (C=O) groups excluding carboxylic acids is 4. The van der Waals surface area contributed by atoms with Crippen molar-refractivity contribution in [1.82, 2.24) is 10.3 Å². The van der Waals surface area contributed by atoms with Gasteiger partial charge in [0.1, 0.15) is 17.0 Å². The normalized spacial score (nSPS) is 17.2. The van der Waals surface area contributed by atoms with Gasteiger partial charge >= 0.3 is 18.2 Å². The second-order valence-corrected chi connectivity index (χ2v) is 10.9. The number of halogens is 1. The Morgan fingerprint density at radius 3 is 2.16 bits per heavy atom. The number of hydrogen-bond donors (Lipinski definition) is 1. The van der Waals surface area contributed by atoms with Crippen LogP contribution in [0.4, 0.5) is 15.4 Å². The monoisotopic (exact) mass is 531 g/mol. The number of aromatic nitrogens is 1. The molecule has 1 aromatic heterocycles. The summed E-state index contributed by atoms with van der Waals surface area (Å²) in [6, 6.07) is 9.39. The Morgan fingerprint density at radius 2 is 1.62 bits per heavy atom. The fraction of sp³-hybridized carbons (Fsp3) is 0.423. The lowest BCUT2D eigenvalue weighted by Crippen LogP contribution is -2.60. The first-order valence-electron chi connectivity index (χ1n) is 11.6. The molecule has 0 radical (unpaired) electrons. The molecule has 1 aliphatic heterocycles. The average molecular weight is 532 g/mol. The van der Waals surface area contributed by atoms with E-state index in [1.54, 1.807) is 65.8 Å². The first-order chi connectivity index (χ1) is 17.1. The number of benzene rings is 1. The second kappa shape index (κ2) is 10.8. The zero-order valence-corrected chi connectivity index (χ0v) is 22.3. The van der Waals surface area contributed by atoms with Crippen molar-refractivity contribution in [3.8, 4) is 0 Å². The number of pyridine rings is 1. The zero-order chi connectivity index (χ0) is 27.5. The fourth-order valence-electron chi connectivity index (χ4n) is 3.34. The number of β-lactam (4-membered cyclic amide) rings is 1. The average Bonchev–Trinajstić information content (AvgIpc) is 2.75. The summed E-state index contributed by atoms with van der Waals surface area (Å²) < 4.78 is 16.2. The lowest BCUT2D eigenvalue weighted by Gasteiger charge is -2.36. The number of anilines is 1. The lowest BCUT2D eigenvalue weighted by molar-refractivity contribution is -0.147. The molecule has 11 heteroatoms. The van der Waals surface area contributed by atoms with E-state index in [0.29, 0.717) is 15.5 Å². The van der Waals surface area contributed by atoms with Crippen LogP contribution in [-0.4, -0.2) is 46.5 Å². The van der Waals surface area contributed by atoms with E-state index in [4.69, 9.17) is 25.8 Å². The van der Waals surface area contributed by atoms with Crippen LogP contribution < -0.4 is 10.2 Å². The first kappa shape index (κ1) is 27.9. The van der Waals surface area contributed by atoms with Gasteiger partial charge in [0.05, 0.1) is 11.5 Å². The highest BCUT2D eigenvalue weighted by atomic mass is 35.5. The van der Waals surface area contributed by atoms with E-state index in [0.717, 1.165) is 0 Å². The van der Waals surface area contributed by atoms with E-state index >= 15 is 0 Å². The Kier molecular flexibility index (Phi) is 8.12. The summed E-state index contributed by atoms with van der Waals surface area (Å²) >= 11 is 5.93. The highest BCUT2D eigenvalue weighted by Crippen LogP contribution is 2.26. The predicted octanol–water partition coefficient (Wildman–Crippen LogP) is 4.88. The van der Waals surface area contributed by atoms with Gasteiger partial charge in [0, 0.05) is 11.2 Å². The van der Waals surface area contributed by atoms with Gasteiger partial charge in [-0.25, -0.2) is 19.4 Å². The van der Waals surface area contributed by atoms with E-state index in [1.807, 2.05) is 0 Å². The van der Waals surface area contributed by atoms with Gasteiger partial charge in [0.15, 0.2) is 6.23 Å². The quantitative estimate of drug-likeness (QED) is 0.329. The molecule has 1 fully saturated rings. The summed E-state index contributed by atoms with van der Waals surface area (Å²) in [7, 11) is 0. The number of amides is 3. The van der Waals surface area contributed by atoms with Crippen LogP contribution in [0.5, 0.6) is 0 Å². The number of rotatable bonds is 5. The maximum atomic E-state index is 12.9. The smallest absolute Gasteiger partial charge is 0.425 e. The molecule has 1 N–H and O–H groups in total. The van der Waals surface area contributed by atoms with Crippen LogP contribution in [0.3, 0.4) is 0 Å². The topological polar surface area (TPSA) is 124 Å². The Labute approximate surface area is 220 Å². The van der Waals surface area contributed by atoms with Gasteiger partial charge in [-0.2, -0.15) is 4.90 Å². The van der Waals surface area contributed by atoms with Crippen LogP contribution in [0.1, 0.15) is 57.5 Å². The van der Waals surface area contributed by atoms with Crippen molar-refractivity contribution < 1.29 is 33.4 Å². The van der Waals surface area contributed by atoms with Gasteiger partial charge in [-0.1, -0.05) is 17.7 Å². The summed E-state index contributed by atoms with van der Waals surface area (Å²) in [5.41, 5.74) is -0.923. The number of carbonyl (C=O) groups is 4. The van der Waals surface area contributed by atoms with Crippen LogP contribution >= 0.6 is 11.6 Å². The molecule has 3 rings (SSSR count). The van der Waals surface area contributed by atoms with Crippen molar-refractivity contribution in [3.63, 3.8) is 0 Å². The van der Waals surface area contributed by atoms with E-state index < -0.39 is 41.5 Å². The number of ether oxygens (including phenoxy) is 3. The van der Waals surface area contributed by atoms with Crippen LogP contribution in [0.15, 0.2) is 42.6 Å². The van der Waals surface area contributed by atoms with Gasteiger partial charge < -0.3 is 19.5 Å². The Morgan fingerprint density at radius 1 is 1.00 bits per heavy atom. The second-order valence-electron chi connectivity index (χ2n) is 10.5. The molecule has 0 unspecified atom stereocenters. The third-order valence-corrected chi connectivity index (χ3v) is 5.16. The molecule has 1 aromatic carbocycles. The molecule has 37 heavy (non-hydrogen) atoms. The number of imide groups is 1. The Bertz CT molecular complexity index is 1180. The highest BCUT2D eigenvalue weighted by molar-refractivity contribution is 6.30. The molecule has 0 aliphatic carbocycles.